The summed E-state index contributed by atoms with van der Waals surface area (Å²) in [5, 5.41) is 7.21. The van der Waals surface area contributed by atoms with Gasteiger partial charge in [-0.05, 0) is 29.6 Å². The molecule has 0 saturated carbocycles. The minimum absolute atomic E-state index is 0.247. The second-order valence-electron chi connectivity index (χ2n) is 6.22. The molecule has 30 heavy (non-hydrogen) atoms. The van der Waals surface area contributed by atoms with Gasteiger partial charge >= 0.3 is 5.97 Å². The third kappa shape index (κ3) is 3.87. The lowest BCUT2D eigenvalue weighted by Crippen LogP contribution is -2.28. The van der Waals surface area contributed by atoms with Gasteiger partial charge in [0.15, 0.2) is 0 Å². The first-order valence-electron chi connectivity index (χ1n) is 8.66. The number of carbonyl (C=O) groups is 2. The Kier molecular flexibility index (Phi) is 5.67. The number of carbonyl (C=O) groups excluding carboxylic acids is 2. The molecule has 4 rings (SSSR count). The number of methoxy groups -OCH3 is 1. The van der Waals surface area contributed by atoms with Crippen LogP contribution in [0, 0.1) is 0 Å². The third-order valence-electron chi connectivity index (χ3n) is 4.32. The number of anilines is 1. The highest BCUT2D eigenvalue weighted by Gasteiger charge is 2.16. The van der Waals surface area contributed by atoms with Crippen LogP contribution in [-0.2, 0) is 16.1 Å². The molecular formula is C20H14ClN3O4S2. The van der Waals surface area contributed by atoms with Crippen molar-refractivity contribution in [3.63, 3.8) is 0 Å². The monoisotopic (exact) mass is 459 g/mol. The topological polar surface area (TPSA) is 90.3 Å². The summed E-state index contributed by atoms with van der Waals surface area (Å²) in [5.74, 6) is -1.03. The van der Waals surface area contributed by atoms with Gasteiger partial charge in [0, 0.05) is 15.8 Å². The van der Waals surface area contributed by atoms with Crippen LogP contribution in [-0.4, -0.2) is 28.5 Å². The fourth-order valence-corrected chi connectivity index (χ4v) is 4.79. The van der Waals surface area contributed by atoms with E-state index in [2.05, 4.69) is 15.0 Å². The van der Waals surface area contributed by atoms with E-state index in [0.717, 1.165) is 10.4 Å². The molecule has 3 aromatic heterocycles. The van der Waals surface area contributed by atoms with E-state index in [0.29, 0.717) is 10.2 Å². The van der Waals surface area contributed by atoms with Crippen molar-refractivity contribution in [2.24, 2.45) is 0 Å². The van der Waals surface area contributed by atoms with Gasteiger partial charge in [0.1, 0.15) is 11.4 Å². The summed E-state index contributed by atoms with van der Waals surface area (Å²) in [6.45, 7) is -0.250. The van der Waals surface area contributed by atoms with Crippen LogP contribution >= 0.6 is 34.3 Å². The molecule has 0 saturated heterocycles. The minimum Gasteiger partial charge on any atom is -0.465 e. The molecule has 0 unspecified atom stereocenters. The molecule has 1 aromatic carbocycles. The zero-order chi connectivity index (χ0) is 21.3. The molecule has 0 aliphatic heterocycles. The van der Waals surface area contributed by atoms with Gasteiger partial charge in [-0.1, -0.05) is 17.7 Å². The number of ether oxygens (including phenoxy) is 1. The van der Waals surface area contributed by atoms with Crippen LogP contribution in [0.1, 0.15) is 10.4 Å². The molecule has 0 atom stereocenters. The standard InChI is InChI=1S/C20H14ClN3O4S2/c1-28-20(27)11-4-5-13(21)14(7-11)23-16(25)8-24-10-22-18-17(19(24)26)12(9-30-18)15-3-2-6-29-15/h2-7,9-10H,8H2,1H3,(H,23,25). The van der Waals surface area contributed by atoms with E-state index in [4.69, 9.17) is 11.6 Å². The number of nitrogens with one attached hydrogen (secondary N) is 1. The molecule has 0 aliphatic carbocycles. The van der Waals surface area contributed by atoms with Gasteiger partial charge < -0.3 is 10.1 Å². The minimum atomic E-state index is -0.549. The first kappa shape index (κ1) is 20.3. The highest BCUT2D eigenvalue weighted by Crippen LogP contribution is 2.33. The lowest BCUT2D eigenvalue weighted by Gasteiger charge is -2.10. The molecule has 3 heterocycles. The normalized spacial score (nSPS) is 10.9. The summed E-state index contributed by atoms with van der Waals surface area (Å²) in [6.07, 6.45) is 1.35. The van der Waals surface area contributed by atoms with Crippen molar-refractivity contribution in [2.75, 3.05) is 12.4 Å². The number of halogens is 1. The molecule has 0 spiro atoms. The predicted octanol–water partition coefficient (Wildman–Crippen LogP) is 4.27. The van der Waals surface area contributed by atoms with E-state index in [1.807, 2.05) is 22.9 Å². The van der Waals surface area contributed by atoms with Gasteiger partial charge in [-0.3, -0.25) is 14.2 Å². The van der Waals surface area contributed by atoms with E-state index >= 15 is 0 Å². The largest absolute Gasteiger partial charge is 0.465 e. The number of amides is 1. The number of hydrogen-bond acceptors (Lipinski definition) is 7. The third-order valence-corrected chi connectivity index (χ3v) is 6.44. The SMILES string of the molecule is COC(=O)c1ccc(Cl)c(NC(=O)Cn2cnc3scc(-c4cccs4)c3c2=O)c1. The fraction of sp³-hybridized carbons (Fsp3) is 0.100. The van der Waals surface area contributed by atoms with Gasteiger partial charge in [-0.2, -0.15) is 0 Å². The molecular weight excluding hydrogens is 446 g/mol. The summed E-state index contributed by atoms with van der Waals surface area (Å²) in [5.41, 5.74) is 1.01. The smallest absolute Gasteiger partial charge is 0.337 e. The summed E-state index contributed by atoms with van der Waals surface area (Å²) in [6, 6.07) is 8.25. The number of esters is 1. The van der Waals surface area contributed by atoms with E-state index in [1.54, 1.807) is 0 Å². The number of rotatable bonds is 5. The molecule has 0 fully saturated rings. The molecule has 0 radical (unpaired) electrons. The Morgan fingerprint density at radius 1 is 1.27 bits per heavy atom. The predicted molar refractivity (Wildman–Crippen MR) is 119 cm³/mol. The van der Waals surface area contributed by atoms with Gasteiger partial charge in [-0.15, -0.1) is 22.7 Å². The number of nitrogens with zero attached hydrogens (tertiary/aromatic N) is 2. The summed E-state index contributed by atoms with van der Waals surface area (Å²) in [7, 11) is 1.26. The van der Waals surface area contributed by atoms with Crippen molar-refractivity contribution in [1.82, 2.24) is 9.55 Å². The Hall–Kier alpha value is -3.01. The van der Waals surface area contributed by atoms with Crippen molar-refractivity contribution < 1.29 is 14.3 Å². The molecule has 152 valence electrons. The fourth-order valence-electron chi connectivity index (χ4n) is 2.90. The zero-order valence-corrected chi connectivity index (χ0v) is 17.9. The molecule has 4 aromatic rings. The summed E-state index contributed by atoms with van der Waals surface area (Å²) in [4.78, 5) is 43.2. The van der Waals surface area contributed by atoms with Crippen molar-refractivity contribution in [1.29, 1.82) is 0 Å². The first-order chi connectivity index (χ1) is 14.5. The molecule has 1 N–H and O–H groups in total. The van der Waals surface area contributed by atoms with E-state index in [1.165, 1.54) is 58.9 Å². The number of hydrogen-bond donors (Lipinski definition) is 1. The van der Waals surface area contributed by atoms with Crippen molar-refractivity contribution in [2.45, 2.75) is 6.54 Å². The molecule has 7 nitrogen and oxygen atoms in total. The van der Waals surface area contributed by atoms with Crippen LogP contribution in [0.3, 0.4) is 0 Å². The Labute approximate surface area is 183 Å². The zero-order valence-electron chi connectivity index (χ0n) is 15.5. The maximum Gasteiger partial charge on any atom is 0.337 e. The van der Waals surface area contributed by atoms with Crippen LogP contribution in [0.2, 0.25) is 5.02 Å². The lowest BCUT2D eigenvalue weighted by atomic mass is 10.2. The number of thiophene rings is 2. The maximum absolute atomic E-state index is 13.0. The maximum atomic E-state index is 13.0. The highest BCUT2D eigenvalue weighted by atomic mass is 35.5. The number of benzene rings is 1. The van der Waals surface area contributed by atoms with Crippen molar-refractivity contribution in [3.8, 4) is 10.4 Å². The second-order valence-corrected chi connectivity index (χ2v) is 8.43. The van der Waals surface area contributed by atoms with Crippen LogP contribution in [0.25, 0.3) is 20.7 Å². The Morgan fingerprint density at radius 2 is 2.10 bits per heavy atom. The number of aromatic nitrogens is 2. The summed E-state index contributed by atoms with van der Waals surface area (Å²) < 4.78 is 5.93. The quantitative estimate of drug-likeness (QED) is 0.450. The van der Waals surface area contributed by atoms with Crippen LogP contribution in [0.5, 0.6) is 0 Å². The molecule has 0 aliphatic rings. The van der Waals surface area contributed by atoms with Gasteiger partial charge in [0.2, 0.25) is 5.91 Å². The van der Waals surface area contributed by atoms with Gasteiger partial charge in [0.25, 0.3) is 5.56 Å². The van der Waals surface area contributed by atoms with Crippen molar-refractivity contribution >= 4 is 62.1 Å². The van der Waals surface area contributed by atoms with Gasteiger partial charge in [0.05, 0.1) is 35.1 Å². The molecule has 0 bridgehead atoms. The second kappa shape index (κ2) is 8.39. The highest BCUT2D eigenvalue weighted by molar-refractivity contribution is 7.18. The van der Waals surface area contributed by atoms with Crippen molar-refractivity contribution in [3.05, 3.63) is 68.4 Å². The first-order valence-corrected chi connectivity index (χ1v) is 10.8. The Morgan fingerprint density at radius 3 is 2.83 bits per heavy atom. The summed E-state index contributed by atoms with van der Waals surface area (Å²) >= 11 is 9.04. The van der Waals surface area contributed by atoms with E-state index in [-0.39, 0.29) is 28.4 Å². The van der Waals surface area contributed by atoms with Crippen LogP contribution < -0.4 is 10.9 Å². The van der Waals surface area contributed by atoms with E-state index < -0.39 is 11.9 Å². The molecule has 10 heteroatoms. The average molecular weight is 460 g/mol. The Bertz CT molecular complexity index is 1310. The lowest BCUT2D eigenvalue weighted by molar-refractivity contribution is -0.116. The molecule has 1 amide bonds. The van der Waals surface area contributed by atoms with Crippen LogP contribution in [0.4, 0.5) is 5.69 Å². The van der Waals surface area contributed by atoms with Gasteiger partial charge in [-0.25, -0.2) is 9.78 Å². The number of fused-ring (bicyclic) bond motifs is 1. The Balaban J connectivity index is 1.61. The van der Waals surface area contributed by atoms with E-state index in [9.17, 15) is 14.4 Å². The average Bonchev–Trinajstić information content (AvgIpc) is 3.41. The van der Waals surface area contributed by atoms with Crippen LogP contribution in [0.15, 0.2) is 52.2 Å².